The van der Waals surface area contributed by atoms with Crippen LogP contribution < -0.4 is 10.6 Å². The van der Waals surface area contributed by atoms with Crippen molar-refractivity contribution in [1.29, 1.82) is 0 Å². The third kappa shape index (κ3) is 8.18. The lowest BCUT2D eigenvalue weighted by molar-refractivity contribution is -0.138. The molecule has 3 N–H and O–H groups in total. The smallest absolute Gasteiger partial charge is 0.326 e. The van der Waals surface area contributed by atoms with Gasteiger partial charge in [-0.2, -0.15) is 0 Å². The first-order valence-corrected chi connectivity index (χ1v) is 12.7. The van der Waals surface area contributed by atoms with Crippen LogP contribution in [0.3, 0.4) is 0 Å². The van der Waals surface area contributed by atoms with Crippen molar-refractivity contribution < 1.29 is 14.6 Å². The quantitative estimate of drug-likeness (QED) is 0.313. The van der Waals surface area contributed by atoms with E-state index in [1.807, 2.05) is 6.92 Å². The van der Waals surface area contributed by atoms with Crippen molar-refractivity contribution in [3.8, 4) is 0 Å². The van der Waals surface area contributed by atoms with Gasteiger partial charge < -0.3 is 25.4 Å². The van der Waals surface area contributed by atoms with Gasteiger partial charge in [-0.1, -0.05) is 6.07 Å². The number of aromatic nitrogens is 3. The normalized spacial score (nSPS) is 14.8. The topological polar surface area (TPSA) is 113 Å². The van der Waals surface area contributed by atoms with Crippen LogP contribution in [0.15, 0.2) is 29.1 Å². The number of nitrogens with one attached hydrogen (secondary N) is 2. The molecule has 34 heavy (non-hydrogen) atoms. The summed E-state index contributed by atoms with van der Waals surface area (Å²) in [6, 6.07) is 3.59. The number of pyridine rings is 1. The van der Waals surface area contributed by atoms with Crippen LogP contribution in [0.1, 0.15) is 43.9 Å². The molecule has 0 spiro atoms. The van der Waals surface area contributed by atoms with E-state index >= 15 is 0 Å². The SMILES string of the molecule is CO[C@H](C)CN(CCCCc1ccc2c(n1)NCCC2)CC[C@H](Nc1ncncc1Br)C(=O)O. The van der Waals surface area contributed by atoms with E-state index in [0.717, 1.165) is 56.8 Å². The number of unbranched alkanes of at least 4 members (excludes halogenated alkanes) is 1. The van der Waals surface area contributed by atoms with E-state index in [4.69, 9.17) is 9.72 Å². The van der Waals surface area contributed by atoms with Crippen LogP contribution in [-0.4, -0.2) is 76.4 Å². The Bertz CT molecular complexity index is 931. The first-order valence-electron chi connectivity index (χ1n) is 11.9. The third-order valence-electron chi connectivity index (χ3n) is 6.04. The highest BCUT2D eigenvalue weighted by atomic mass is 79.9. The van der Waals surface area contributed by atoms with Gasteiger partial charge in [0.15, 0.2) is 0 Å². The maximum atomic E-state index is 11.8. The number of aliphatic carboxylic acids is 1. The summed E-state index contributed by atoms with van der Waals surface area (Å²) >= 11 is 3.36. The number of carboxylic acids is 1. The zero-order chi connectivity index (χ0) is 24.3. The van der Waals surface area contributed by atoms with Gasteiger partial charge in [-0.05, 0) is 79.6 Å². The second-order valence-corrected chi connectivity index (χ2v) is 9.54. The van der Waals surface area contributed by atoms with Crippen molar-refractivity contribution in [3.05, 3.63) is 40.4 Å². The molecule has 0 aromatic carbocycles. The molecule has 0 bridgehead atoms. The Labute approximate surface area is 209 Å². The largest absolute Gasteiger partial charge is 0.480 e. The monoisotopic (exact) mass is 534 g/mol. The van der Waals surface area contributed by atoms with Gasteiger partial charge in [0.1, 0.15) is 24.0 Å². The number of carboxylic acid groups (broad SMARTS) is 1. The fraction of sp³-hybridized carbons (Fsp3) is 0.583. The first kappa shape index (κ1) is 26.3. The van der Waals surface area contributed by atoms with Gasteiger partial charge in [0.2, 0.25) is 0 Å². The zero-order valence-corrected chi connectivity index (χ0v) is 21.6. The summed E-state index contributed by atoms with van der Waals surface area (Å²) in [7, 11) is 1.70. The van der Waals surface area contributed by atoms with E-state index in [2.05, 4.69) is 53.6 Å². The summed E-state index contributed by atoms with van der Waals surface area (Å²) in [6.45, 7) is 5.29. The molecule has 3 rings (SSSR count). The second-order valence-electron chi connectivity index (χ2n) is 8.69. The molecule has 0 radical (unpaired) electrons. The van der Waals surface area contributed by atoms with Gasteiger partial charge in [0, 0.05) is 38.6 Å². The molecular weight excluding hydrogens is 500 g/mol. The molecule has 0 saturated carbocycles. The summed E-state index contributed by atoms with van der Waals surface area (Å²) in [4.78, 5) is 27.0. The molecule has 0 unspecified atom stereocenters. The molecule has 1 aliphatic rings. The number of aryl methyl sites for hydroxylation is 2. The number of nitrogens with zero attached hydrogens (tertiary/aromatic N) is 4. The maximum Gasteiger partial charge on any atom is 0.326 e. The number of methoxy groups -OCH3 is 1. The summed E-state index contributed by atoms with van der Waals surface area (Å²) < 4.78 is 6.10. The van der Waals surface area contributed by atoms with Gasteiger partial charge in [0.05, 0.1) is 10.6 Å². The average Bonchev–Trinajstić information content (AvgIpc) is 2.84. The lowest BCUT2D eigenvalue weighted by Gasteiger charge is -2.27. The van der Waals surface area contributed by atoms with E-state index in [9.17, 15) is 9.90 Å². The Hall–Kier alpha value is -2.30. The van der Waals surface area contributed by atoms with Crippen LogP contribution >= 0.6 is 15.9 Å². The van der Waals surface area contributed by atoms with Crippen LogP contribution in [0.25, 0.3) is 0 Å². The second kappa shape index (κ2) is 13.6. The van der Waals surface area contributed by atoms with Crippen LogP contribution in [0, 0.1) is 0 Å². The number of ether oxygens (including phenoxy) is 1. The molecule has 0 fully saturated rings. The van der Waals surface area contributed by atoms with E-state index < -0.39 is 12.0 Å². The standard InChI is InChI=1S/C24H35BrN6O3/c1-17(34-2)15-31(13-10-21(24(32)33)30-23-20(25)14-26-16-28-23)12-4-3-7-19-9-8-18-6-5-11-27-22(18)29-19/h8-9,14,16-17,21H,3-7,10-13,15H2,1-2H3,(H,27,29)(H,32,33)(H,26,28,30)/t17-,21+/m1/s1. The molecule has 2 aromatic heterocycles. The third-order valence-corrected chi connectivity index (χ3v) is 6.62. The van der Waals surface area contributed by atoms with Crippen molar-refractivity contribution in [1.82, 2.24) is 19.9 Å². The van der Waals surface area contributed by atoms with Gasteiger partial charge >= 0.3 is 5.97 Å². The van der Waals surface area contributed by atoms with Crippen LogP contribution in [0.4, 0.5) is 11.6 Å². The Morgan fingerprint density at radius 1 is 1.35 bits per heavy atom. The molecule has 3 heterocycles. The van der Waals surface area contributed by atoms with Gasteiger partial charge in [-0.3, -0.25) is 0 Å². The average molecular weight is 535 g/mol. The Balaban J connectivity index is 1.50. The van der Waals surface area contributed by atoms with Crippen molar-refractivity contribution in [2.45, 2.75) is 57.6 Å². The van der Waals surface area contributed by atoms with E-state index in [1.165, 1.54) is 18.3 Å². The van der Waals surface area contributed by atoms with Crippen molar-refractivity contribution >= 4 is 33.5 Å². The lowest BCUT2D eigenvalue weighted by Crippen LogP contribution is -2.38. The highest BCUT2D eigenvalue weighted by Crippen LogP contribution is 2.21. The summed E-state index contributed by atoms with van der Waals surface area (Å²) in [6.07, 6.45) is 8.73. The predicted octanol–water partition coefficient (Wildman–Crippen LogP) is 3.61. The Morgan fingerprint density at radius 3 is 2.97 bits per heavy atom. The highest BCUT2D eigenvalue weighted by molar-refractivity contribution is 9.10. The minimum Gasteiger partial charge on any atom is -0.480 e. The van der Waals surface area contributed by atoms with Crippen molar-refractivity contribution in [3.63, 3.8) is 0 Å². The maximum absolute atomic E-state index is 11.8. The molecule has 0 amide bonds. The van der Waals surface area contributed by atoms with E-state index in [0.29, 0.717) is 23.3 Å². The number of carbonyl (C=O) groups is 1. The number of anilines is 2. The van der Waals surface area contributed by atoms with Crippen molar-refractivity contribution in [2.75, 3.05) is 43.9 Å². The molecule has 186 valence electrons. The summed E-state index contributed by atoms with van der Waals surface area (Å²) in [5, 5.41) is 16.1. The molecule has 9 nitrogen and oxygen atoms in total. The van der Waals surface area contributed by atoms with Crippen molar-refractivity contribution in [2.24, 2.45) is 0 Å². The summed E-state index contributed by atoms with van der Waals surface area (Å²) in [5.41, 5.74) is 2.43. The summed E-state index contributed by atoms with van der Waals surface area (Å²) in [5.74, 6) is 0.616. The molecule has 0 aliphatic carbocycles. The van der Waals surface area contributed by atoms with Gasteiger partial charge in [-0.25, -0.2) is 19.7 Å². The molecular formula is C24H35BrN6O3. The predicted molar refractivity (Wildman–Crippen MR) is 136 cm³/mol. The number of rotatable bonds is 14. The van der Waals surface area contributed by atoms with Gasteiger partial charge in [0.25, 0.3) is 0 Å². The van der Waals surface area contributed by atoms with Gasteiger partial charge in [-0.15, -0.1) is 0 Å². The lowest BCUT2D eigenvalue weighted by atomic mass is 10.1. The fourth-order valence-corrected chi connectivity index (χ4v) is 4.37. The van der Waals surface area contributed by atoms with E-state index in [-0.39, 0.29) is 6.10 Å². The molecule has 1 aliphatic heterocycles. The molecule has 2 atom stereocenters. The van der Waals surface area contributed by atoms with Crippen LogP contribution in [-0.2, 0) is 22.4 Å². The number of hydrogen-bond acceptors (Lipinski definition) is 8. The Morgan fingerprint density at radius 2 is 2.21 bits per heavy atom. The molecule has 10 heteroatoms. The van der Waals surface area contributed by atoms with Crippen LogP contribution in [0.5, 0.6) is 0 Å². The number of fused-ring (bicyclic) bond motifs is 1. The van der Waals surface area contributed by atoms with E-state index in [1.54, 1.807) is 13.3 Å². The number of hydrogen-bond donors (Lipinski definition) is 3. The zero-order valence-electron chi connectivity index (χ0n) is 20.0. The highest BCUT2D eigenvalue weighted by Gasteiger charge is 2.21. The molecule has 0 saturated heterocycles. The molecule has 2 aromatic rings. The fourth-order valence-electron chi connectivity index (χ4n) is 4.04. The Kier molecular flexibility index (Phi) is 10.5. The number of halogens is 1. The minimum atomic E-state index is -0.905. The first-order chi connectivity index (χ1) is 16.5. The minimum absolute atomic E-state index is 0.0700. The van der Waals surface area contributed by atoms with Crippen LogP contribution in [0.2, 0.25) is 0 Å².